The molecule has 1 saturated heterocycles. The largest absolute Gasteiger partial charge is 0.375 e. The summed E-state index contributed by atoms with van der Waals surface area (Å²) in [6, 6.07) is 0.518. The molecule has 0 bridgehead atoms. The van der Waals surface area contributed by atoms with Gasteiger partial charge in [-0.25, -0.2) is 0 Å². The number of methoxy groups -OCH3 is 1. The second-order valence-electron chi connectivity index (χ2n) is 6.60. The van der Waals surface area contributed by atoms with Crippen molar-refractivity contribution in [2.45, 2.75) is 33.2 Å². The highest BCUT2D eigenvalue weighted by molar-refractivity contribution is 5.96. The van der Waals surface area contributed by atoms with Crippen LogP contribution in [-0.4, -0.2) is 49.4 Å². The maximum Gasteiger partial charge on any atom is 0.248 e. The van der Waals surface area contributed by atoms with E-state index in [0.29, 0.717) is 23.3 Å². The molecule has 3 rings (SSSR count). The molecule has 0 aromatic carbocycles. The average Bonchev–Trinajstić information content (AvgIpc) is 2.82. The van der Waals surface area contributed by atoms with Gasteiger partial charge >= 0.3 is 0 Å². The molecule has 3 aliphatic rings. The van der Waals surface area contributed by atoms with Gasteiger partial charge in [0.15, 0.2) is 0 Å². The number of amides is 1. The van der Waals surface area contributed by atoms with Crippen molar-refractivity contribution in [3.63, 3.8) is 0 Å². The number of aliphatic imine (C=N–C) groups is 1. The summed E-state index contributed by atoms with van der Waals surface area (Å²) in [6.07, 6.45) is 1.08. The van der Waals surface area contributed by atoms with Gasteiger partial charge in [0.1, 0.15) is 6.61 Å². The molecule has 1 saturated carbocycles. The molecule has 1 amide bonds. The summed E-state index contributed by atoms with van der Waals surface area (Å²) in [6.45, 7) is 8.78. The van der Waals surface area contributed by atoms with E-state index in [2.05, 4.69) is 20.8 Å². The van der Waals surface area contributed by atoms with E-state index in [0.717, 1.165) is 25.4 Å². The Hall–Kier alpha value is -0.900. The van der Waals surface area contributed by atoms with Gasteiger partial charge in [-0.3, -0.25) is 9.79 Å². The summed E-state index contributed by atoms with van der Waals surface area (Å²) >= 11 is 0. The zero-order chi connectivity index (χ0) is 13.8. The molecule has 2 aliphatic heterocycles. The fourth-order valence-electron chi connectivity index (χ4n) is 4.72. The molecule has 4 atom stereocenters. The molecule has 1 aliphatic carbocycles. The zero-order valence-corrected chi connectivity index (χ0v) is 12.3. The Labute approximate surface area is 115 Å². The van der Waals surface area contributed by atoms with Crippen molar-refractivity contribution >= 4 is 11.6 Å². The second kappa shape index (κ2) is 4.30. The van der Waals surface area contributed by atoms with Crippen LogP contribution < -0.4 is 0 Å². The smallest absolute Gasteiger partial charge is 0.248 e. The van der Waals surface area contributed by atoms with Crippen LogP contribution in [0, 0.1) is 23.2 Å². The SMILES string of the molecule is COCC(=O)N1CCC2C(=NC3C(C)C23C(C)C)C1. The van der Waals surface area contributed by atoms with Crippen LogP contribution >= 0.6 is 0 Å². The highest BCUT2D eigenvalue weighted by Crippen LogP contribution is 2.68. The van der Waals surface area contributed by atoms with E-state index in [9.17, 15) is 4.79 Å². The third-order valence-corrected chi connectivity index (χ3v) is 5.64. The lowest BCUT2D eigenvalue weighted by Crippen LogP contribution is -2.47. The Morgan fingerprint density at radius 3 is 2.95 bits per heavy atom. The zero-order valence-electron chi connectivity index (χ0n) is 12.3. The number of piperidine rings is 1. The Morgan fingerprint density at radius 2 is 2.32 bits per heavy atom. The Bertz CT molecular complexity index is 432. The van der Waals surface area contributed by atoms with Crippen molar-refractivity contribution in [1.82, 2.24) is 4.90 Å². The van der Waals surface area contributed by atoms with Gasteiger partial charge < -0.3 is 9.64 Å². The lowest BCUT2D eigenvalue weighted by Gasteiger charge is -2.37. The summed E-state index contributed by atoms with van der Waals surface area (Å²) in [5.41, 5.74) is 1.68. The molecule has 0 radical (unpaired) electrons. The molecule has 19 heavy (non-hydrogen) atoms. The number of hydrogen-bond acceptors (Lipinski definition) is 3. The van der Waals surface area contributed by atoms with E-state index < -0.39 is 0 Å². The van der Waals surface area contributed by atoms with Crippen molar-refractivity contribution in [2.75, 3.05) is 26.8 Å². The van der Waals surface area contributed by atoms with Gasteiger partial charge in [-0.15, -0.1) is 0 Å². The first kappa shape index (κ1) is 13.1. The van der Waals surface area contributed by atoms with Gasteiger partial charge in [-0.05, 0) is 18.3 Å². The minimum atomic E-state index is 0.0934. The molecule has 2 fully saturated rings. The van der Waals surface area contributed by atoms with Gasteiger partial charge in [0.2, 0.25) is 5.91 Å². The van der Waals surface area contributed by atoms with E-state index in [-0.39, 0.29) is 12.5 Å². The van der Waals surface area contributed by atoms with Crippen molar-refractivity contribution in [2.24, 2.45) is 28.2 Å². The van der Waals surface area contributed by atoms with Crippen molar-refractivity contribution in [1.29, 1.82) is 0 Å². The third-order valence-electron chi connectivity index (χ3n) is 5.64. The molecule has 4 heteroatoms. The molecule has 0 N–H and O–H groups in total. The third kappa shape index (κ3) is 1.62. The van der Waals surface area contributed by atoms with Gasteiger partial charge in [0.05, 0.1) is 12.6 Å². The van der Waals surface area contributed by atoms with Crippen molar-refractivity contribution < 1.29 is 9.53 Å². The number of fused-ring (bicyclic) bond motifs is 3. The fraction of sp³-hybridized carbons (Fsp3) is 0.867. The van der Waals surface area contributed by atoms with Crippen LogP contribution in [0.25, 0.3) is 0 Å². The molecule has 0 aromatic heterocycles. The van der Waals surface area contributed by atoms with Crippen LogP contribution in [0.1, 0.15) is 27.2 Å². The maximum atomic E-state index is 11.9. The predicted octanol–water partition coefficient (Wildman–Crippen LogP) is 1.60. The van der Waals surface area contributed by atoms with Gasteiger partial charge in [-0.1, -0.05) is 20.8 Å². The second-order valence-corrected chi connectivity index (χ2v) is 6.60. The Morgan fingerprint density at radius 1 is 1.58 bits per heavy atom. The van der Waals surface area contributed by atoms with E-state index >= 15 is 0 Å². The number of rotatable bonds is 3. The fourth-order valence-corrected chi connectivity index (χ4v) is 4.72. The van der Waals surface area contributed by atoms with Gasteiger partial charge in [0.25, 0.3) is 0 Å². The molecular formula is C15H24N2O2. The topological polar surface area (TPSA) is 41.9 Å². The van der Waals surface area contributed by atoms with Crippen molar-refractivity contribution in [3.05, 3.63) is 0 Å². The van der Waals surface area contributed by atoms with Crippen LogP contribution in [0.15, 0.2) is 4.99 Å². The highest BCUT2D eigenvalue weighted by Gasteiger charge is 2.71. The summed E-state index contributed by atoms with van der Waals surface area (Å²) < 4.78 is 4.94. The van der Waals surface area contributed by atoms with Crippen LogP contribution in [0.3, 0.4) is 0 Å². The quantitative estimate of drug-likeness (QED) is 0.777. The van der Waals surface area contributed by atoms with Crippen LogP contribution in [0.2, 0.25) is 0 Å². The first-order chi connectivity index (χ1) is 9.03. The number of carbonyl (C=O) groups excluding carboxylic acids is 1. The predicted molar refractivity (Wildman–Crippen MR) is 74.2 cm³/mol. The summed E-state index contributed by atoms with van der Waals surface area (Å²) in [5, 5.41) is 0. The van der Waals surface area contributed by atoms with Gasteiger partial charge in [-0.2, -0.15) is 0 Å². The molecule has 106 valence electrons. The minimum absolute atomic E-state index is 0.0934. The summed E-state index contributed by atoms with van der Waals surface area (Å²) in [5.74, 6) is 2.11. The number of carbonyl (C=O) groups is 1. The van der Waals surface area contributed by atoms with Crippen molar-refractivity contribution in [3.8, 4) is 0 Å². The van der Waals surface area contributed by atoms with Crippen LogP contribution in [0.5, 0.6) is 0 Å². The molecule has 4 unspecified atom stereocenters. The lowest BCUT2D eigenvalue weighted by atomic mass is 9.73. The Balaban J connectivity index is 1.75. The maximum absolute atomic E-state index is 11.9. The molecule has 4 nitrogen and oxygen atoms in total. The minimum Gasteiger partial charge on any atom is -0.375 e. The molecular weight excluding hydrogens is 240 g/mol. The van der Waals surface area contributed by atoms with Gasteiger partial charge in [0, 0.05) is 30.7 Å². The summed E-state index contributed by atoms with van der Waals surface area (Å²) in [4.78, 5) is 18.7. The highest BCUT2D eigenvalue weighted by atomic mass is 16.5. The standard InChI is InChI=1S/C15H24N2O2/c1-9(2)15-10(3)14(15)16-12-7-17(6-5-11(12)15)13(18)8-19-4/h9-11,14H,5-8H2,1-4H3. The van der Waals surface area contributed by atoms with E-state index in [1.807, 2.05) is 4.90 Å². The first-order valence-electron chi connectivity index (χ1n) is 7.36. The van der Waals surface area contributed by atoms with Crippen LogP contribution in [0.4, 0.5) is 0 Å². The Kier molecular flexibility index (Phi) is 2.97. The lowest BCUT2D eigenvalue weighted by molar-refractivity contribution is -0.135. The first-order valence-corrected chi connectivity index (χ1v) is 7.36. The molecule has 0 aromatic rings. The molecule has 0 spiro atoms. The monoisotopic (exact) mass is 264 g/mol. The van der Waals surface area contributed by atoms with Crippen LogP contribution in [-0.2, 0) is 9.53 Å². The average molecular weight is 264 g/mol. The normalized spacial score (nSPS) is 39.9. The van der Waals surface area contributed by atoms with E-state index in [1.54, 1.807) is 7.11 Å². The summed E-state index contributed by atoms with van der Waals surface area (Å²) in [7, 11) is 1.57. The number of nitrogens with zero attached hydrogens (tertiary/aromatic N) is 2. The van der Waals surface area contributed by atoms with E-state index in [4.69, 9.17) is 9.73 Å². The molecule has 2 heterocycles. The number of hydrogen-bond donors (Lipinski definition) is 0. The number of ether oxygens (including phenoxy) is 1. The van der Waals surface area contributed by atoms with E-state index in [1.165, 1.54) is 5.71 Å². The number of likely N-dealkylation sites (tertiary alicyclic amines) is 1.